The first-order chi connectivity index (χ1) is 9.70. The summed E-state index contributed by atoms with van der Waals surface area (Å²) in [6.07, 6.45) is 1.57. The van der Waals surface area contributed by atoms with Crippen LogP contribution in [0, 0.1) is 13.8 Å². The summed E-state index contributed by atoms with van der Waals surface area (Å²) in [5.41, 5.74) is 3.90. The molecule has 0 aliphatic carbocycles. The van der Waals surface area contributed by atoms with E-state index in [9.17, 15) is 0 Å². The molecule has 0 aliphatic rings. The number of anilines is 1. The van der Waals surface area contributed by atoms with E-state index in [2.05, 4.69) is 21.4 Å². The van der Waals surface area contributed by atoms with Gasteiger partial charge in [-0.05, 0) is 32.4 Å². The largest absolute Gasteiger partial charge is 0.454 e. The normalized spacial score (nSPS) is 10.9. The molecule has 4 heteroatoms. The number of aryl methyl sites for hydroxylation is 1. The average Bonchev–Trinajstić information content (AvgIpc) is 2.87. The van der Waals surface area contributed by atoms with Crippen molar-refractivity contribution in [2.45, 2.75) is 20.8 Å². The lowest BCUT2D eigenvalue weighted by Gasteiger charge is -2.08. The number of hydrogen-bond acceptors (Lipinski definition) is 4. The van der Waals surface area contributed by atoms with Crippen molar-refractivity contribution >= 4 is 16.8 Å². The third-order valence-electron chi connectivity index (χ3n) is 3.40. The van der Waals surface area contributed by atoms with Gasteiger partial charge in [-0.15, -0.1) is 0 Å². The predicted octanol–water partition coefficient (Wildman–Crippen LogP) is 3.94. The summed E-state index contributed by atoms with van der Waals surface area (Å²) in [5, 5.41) is 4.34. The van der Waals surface area contributed by atoms with Crippen molar-refractivity contribution in [1.29, 1.82) is 0 Å². The molecule has 0 amide bonds. The van der Waals surface area contributed by atoms with Gasteiger partial charge in [0.05, 0.1) is 0 Å². The number of rotatable bonds is 3. The molecule has 0 radical (unpaired) electrons. The first-order valence-electron chi connectivity index (χ1n) is 6.75. The maximum Gasteiger partial charge on any atom is 0.154 e. The van der Waals surface area contributed by atoms with Gasteiger partial charge in [-0.2, -0.15) is 0 Å². The minimum absolute atomic E-state index is 0.786. The summed E-state index contributed by atoms with van der Waals surface area (Å²) in [5.74, 6) is 1.64. The molecule has 4 nitrogen and oxygen atoms in total. The van der Waals surface area contributed by atoms with Crippen molar-refractivity contribution in [3.8, 4) is 11.5 Å². The Balaban J connectivity index is 2.16. The van der Waals surface area contributed by atoms with Crippen LogP contribution in [0.2, 0.25) is 0 Å². The minimum Gasteiger partial charge on any atom is -0.454 e. The average molecular weight is 267 g/mol. The molecule has 2 aromatic heterocycles. The van der Waals surface area contributed by atoms with Crippen molar-refractivity contribution in [1.82, 2.24) is 9.97 Å². The lowest BCUT2D eigenvalue weighted by molar-refractivity contribution is 0.625. The van der Waals surface area contributed by atoms with Gasteiger partial charge in [0.1, 0.15) is 23.4 Å². The lowest BCUT2D eigenvalue weighted by Crippen LogP contribution is -2.03. The van der Waals surface area contributed by atoms with Crippen LogP contribution in [0.25, 0.3) is 22.4 Å². The van der Waals surface area contributed by atoms with E-state index in [4.69, 9.17) is 4.42 Å². The molecule has 0 saturated carbocycles. The Morgan fingerprint density at radius 3 is 2.80 bits per heavy atom. The van der Waals surface area contributed by atoms with E-state index in [0.29, 0.717) is 0 Å². The Morgan fingerprint density at radius 2 is 2.05 bits per heavy atom. The lowest BCUT2D eigenvalue weighted by atomic mass is 10.1. The maximum absolute atomic E-state index is 5.98. The highest BCUT2D eigenvalue weighted by Crippen LogP contribution is 2.31. The highest BCUT2D eigenvalue weighted by atomic mass is 16.3. The van der Waals surface area contributed by atoms with Crippen LogP contribution in [-0.4, -0.2) is 16.5 Å². The zero-order valence-corrected chi connectivity index (χ0v) is 11.9. The van der Waals surface area contributed by atoms with E-state index in [1.807, 2.05) is 39.0 Å². The number of benzene rings is 1. The predicted molar refractivity (Wildman–Crippen MR) is 80.9 cm³/mol. The standard InChI is InChI=1S/C16H17N3O/c1-4-17-16-11(3)14(18-9-19-16)13-8-12-7-5-6-10(2)15(12)20-13/h5-9H,4H2,1-3H3,(H,17,18,19). The van der Waals surface area contributed by atoms with Crippen molar-refractivity contribution in [2.75, 3.05) is 11.9 Å². The molecule has 0 spiro atoms. The van der Waals surface area contributed by atoms with Gasteiger partial charge in [0.2, 0.25) is 0 Å². The van der Waals surface area contributed by atoms with E-state index >= 15 is 0 Å². The molecule has 3 rings (SSSR count). The van der Waals surface area contributed by atoms with E-state index in [0.717, 1.165) is 45.9 Å². The van der Waals surface area contributed by atoms with Crippen LogP contribution in [-0.2, 0) is 0 Å². The highest BCUT2D eigenvalue weighted by molar-refractivity contribution is 5.85. The number of nitrogens with one attached hydrogen (secondary N) is 1. The SMILES string of the molecule is CCNc1ncnc(-c2cc3cccc(C)c3o2)c1C. The minimum atomic E-state index is 0.786. The third-order valence-corrected chi connectivity index (χ3v) is 3.40. The summed E-state index contributed by atoms with van der Waals surface area (Å²) < 4.78 is 5.98. The highest BCUT2D eigenvalue weighted by Gasteiger charge is 2.13. The Kier molecular flexibility index (Phi) is 3.14. The first-order valence-corrected chi connectivity index (χ1v) is 6.75. The Hall–Kier alpha value is -2.36. The fourth-order valence-electron chi connectivity index (χ4n) is 2.37. The van der Waals surface area contributed by atoms with Crippen LogP contribution in [0.4, 0.5) is 5.82 Å². The van der Waals surface area contributed by atoms with Gasteiger partial charge in [0.25, 0.3) is 0 Å². The van der Waals surface area contributed by atoms with Crippen molar-refractivity contribution in [2.24, 2.45) is 0 Å². The summed E-state index contributed by atoms with van der Waals surface area (Å²) in [6, 6.07) is 8.17. The van der Waals surface area contributed by atoms with Crippen LogP contribution in [0.3, 0.4) is 0 Å². The van der Waals surface area contributed by atoms with Gasteiger partial charge in [-0.1, -0.05) is 18.2 Å². The summed E-state index contributed by atoms with van der Waals surface area (Å²) in [6.45, 7) is 6.93. The molecular weight excluding hydrogens is 250 g/mol. The summed E-state index contributed by atoms with van der Waals surface area (Å²) >= 11 is 0. The maximum atomic E-state index is 5.98. The molecule has 102 valence electrons. The second kappa shape index (κ2) is 4.96. The molecule has 3 aromatic rings. The molecule has 0 aliphatic heterocycles. The Morgan fingerprint density at radius 1 is 1.20 bits per heavy atom. The number of furan rings is 1. The fourth-order valence-corrected chi connectivity index (χ4v) is 2.37. The Bertz CT molecular complexity index is 762. The zero-order chi connectivity index (χ0) is 14.1. The van der Waals surface area contributed by atoms with Gasteiger partial charge in [-0.3, -0.25) is 0 Å². The molecule has 0 saturated heterocycles. The number of fused-ring (bicyclic) bond motifs is 1. The van der Waals surface area contributed by atoms with Crippen molar-refractivity contribution in [3.05, 3.63) is 41.7 Å². The summed E-state index contributed by atoms with van der Waals surface area (Å²) in [4.78, 5) is 8.63. The number of nitrogens with zero attached hydrogens (tertiary/aromatic N) is 2. The van der Waals surface area contributed by atoms with Crippen LogP contribution >= 0.6 is 0 Å². The van der Waals surface area contributed by atoms with Gasteiger partial charge in [0.15, 0.2) is 5.76 Å². The monoisotopic (exact) mass is 267 g/mol. The molecular formula is C16H17N3O. The van der Waals surface area contributed by atoms with Crippen LogP contribution in [0.5, 0.6) is 0 Å². The second-order valence-electron chi connectivity index (χ2n) is 4.83. The molecule has 20 heavy (non-hydrogen) atoms. The molecule has 1 N–H and O–H groups in total. The van der Waals surface area contributed by atoms with Crippen molar-refractivity contribution < 1.29 is 4.42 Å². The van der Waals surface area contributed by atoms with Crippen LogP contribution < -0.4 is 5.32 Å². The molecule has 0 unspecified atom stereocenters. The Labute approximate surface area is 117 Å². The molecule has 0 bridgehead atoms. The van der Waals surface area contributed by atoms with E-state index < -0.39 is 0 Å². The van der Waals surface area contributed by atoms with E-state index in [1.54, 1.807) is 6.33 Å². The van der Waals surface area contributed by atoms with Crippen molar-refractivity contribution in [3.63, 3.8) is 0 Å². The van der Waals surface area contributed by atoms with Gasteiger partial charge >= 0.3 is 0 Å². The second-order valence-corrected chi connectivity index (χ2v) is 4.83. The molecule has 0 atom stereocenters. The van der Waals surface area contributed by atoms with Crippen LogP contribution in [0.15, 0.2) is 35.0 Å². The smallest absolute Gasteiger partial charge is 0.154 e. The van der Waals surface area contributed by atoms with Crippen LogP contribution in [0.1, 0.15) is 18.1 Å². The third kappa shape index (κ3) is 2.03. The molecule has 1 aromatic carbocycles. The number of aromatic nitrogens is 2. The molecule has 0 fully saturated rings. The van der Waals surface area contributed by atoms with Gasteiger partial charge < -0.3 is 9.73 Å². The quantitative estimate of drug-likeness (QED) is 0.781. The van der Waals surface area contributed by atoms with Gasteiger partial charge in [0, 0.05) is 17.5 Å². The summed E-state index contributed by atoms with van der Waals surface area (Å²) in [7, 11) is 0. The molecule has 2 heterocycles. The number of para-hydroxylation sites is 1. The first kappa shape index (κ1) is 12.7. The van der Waals surface area contributed by atoms with E-state index in [1.165, 1.54) is 0 Å². The van der Waals surface area contributed by atoms with Gasteiger partial charge in [-0.25, -0.2) is 9.97 Å². The fraction of sp³-hybridized carbons (Fsp3) is 0.250. The topological polar surface area (TPSA) is 51.0 Å². The van der Waals surface area contributed by atoms with E-state index in [-0.39, 0.29) is 0 Å². The zero-order valence-electron chi connectivity index (χ0n) is 11.9. The number of hydrogen-bond donors (Lipinski definition) is 1.